The number of carbonyl (C=O) groups excluding carboxylic acids is 1. The summed E-state index contributed by atoms with van der Waals surface area (Å²) < 4.78 is 16.9. The minimum Gasteiger partial charge on any atom is -0.444 e. The van der Waals surface area contributed by atoms with Crippen molar-refractivity contribution >= 4 is 6.09 Å². The van der Waals surface area contributed by atoms with Crippen molar-refractivity contribution in [3.8, 4) is 0 Å². The Morgan fingerprint density at radius 3 is 2.46 bits per heavy atom. The van der Waals surface area contributed by atoms with Crippen molar-refractivity contribution in [1.29, 1.82) is 0 Å². The fraction of sp³-hybridized carbons (Fsp3) is 0.667. The number of carbonyl (C=O) groups is 1. The number of likely N-dealkylation sites (tertiary alicyclic amines) is 1. The lowest BCUT2D eigenvalue weighted by Crippen LogP contribution is -2.46. The predicted molar refractivity (Wildman–Crippen MR) is 47.0 cm³/mol. The first-order valence-electron chi connectivity index (χ1n) is 4.18. The lowest BCUT2D eigenvalue weighted by molar-refractivity contribution is 0.0212. The van der Waals surface area contributed by atoms with Gasteiger partial charge in [-0.3, -0.25) is 4.90 Å². The summed E-state index contributed by atoms with van der Waals surface area (Å²) in [6, 6.07) is 0. The third kappa shape index (κ3) is 2.72. The van der Waals surface area contributed by atoms with Gasteiger partial charge in [-0.2, -0.15) is 0 Å². The SMILES string of the molecule is CC(C)(C)OC(=O)N1CC(=CF)C1. The highest BCUT2D eigenvalue weighted by Crippen LogP contribution is 2.18. The van der Waals surface area contributed by atoms with E-state index in [-0.39, 0.29) is 6.09 Å². The van der Waals surface area contributed by atoms with Crippen molar-refractivity contribution in [2.24, 2.45) is 0 Å². The molecule has 1 heterocycles. The Morgan fingerprint density at radius 2 is 2.08 bits per heavy atom. The Labute approximate surface area is 77.2 Å². The van der Waals surface area contributed by atoms with Crippen LogP contribution < -0.4 is 0 Å². The van der Waals surface area contributed by atoms with Gasteiger partial charge in [-0.15, -0.1) is 0 Å². The second-order valence-corrected chi connectivity index (χ2v) is 4.10. The number of halogens is 1. The maximum Gasteiger partial charge on any atom is 0.410 e. The first-order valence-corrected chi connectivity index (χ1v) is 4.18. The molecular formula is C9H14FNO2. The summed E-state index contributed by atoms with van der Waals surface area (Å²) in [6.45, 7) is 6.11. The van der Waals surface area contributed by atoms with Crippen LogP contribution in [0.5, 0.6) is 0 Å². The normalized spacial score (nSPS) is 16.6. The summed E-state index contributed by atoms with van der Waals surface area (Å²) in [5.41, 5.74) is 0.151. The molecular weight excluding hydrogens is 173 g/mol. The van der Waals surface area contributed by atoms with Crippen LogP contribution in [0.2, 0.25) is 0 Å². The number of rotatable bonds is 0. The van der Waals surface area contributed by atoms with E-state index in [9.17, 15) is 9.18 Å². The molecule has 0 bridgehead atoms. The van der Waals surface area contributed by atoms with E-state index in [1.165, 1.54) is 4.90 Å². The zero-order chi connectivity index (χ0) is 10.1. The number of hydrogen-bond donors (Lipinski definition) is 0. The summed E-state index contributed by atoms with van der Waals surface area (Å²) >= 11 is 0. The Hall–Kier alpha value is -1.06. The summed E-state index contributed by atoms with van der Waals surface area (Å²) in [4.78, 5) is 12.7. The molecule has 0 aliphatic carbocycles. The standard InChI is InChI=1S/C9H14FNO2/c1-9(2,3)13-8(12)11-5-7(4-10)6-11/h4H,5-6H2,1-3H3. The van der Waals surface area contributed by atoms with Gasteiger partial charge in [0.1, 0.15) is 5.60 Å². The summed E-state index contributed by atoms with van der Waals surface area (Å²) in [5.74, 6) is 0. The summed E-state index contributed by atoms with van der Waals surface area (Å²) in [7, 11) is 0. The van der Waals surface area contributed by atoms with Crippen LogP contribution in [0.1, 0.15) is 20.8 Å². The van der Waals surface area contributed by atoms with Crippen LogP contribution in [0.25, 0.3) is 0 Å². The van der Waals surface area contributed by atoms with Crippen LogP contribution in [-0.2, 0) is 4.74 Å². The second kappa shape index (κ2) is 3.36. The minimum atomic E-state index is -0.480. The lowest BCUT2D eigenvalue weighted by Gasteiger charge is -2.34. The number of amides is 1. The van der Waals surface area contributed by atoms with E-state index in [1.807, 2.05) is 0 Å². The van der Waals surface area contributed by atoms with E-state index < -0.39 is 5.60 Å². The van der Waals surface area contributed by atoms with Crippen LogP contribution >= 0.6 is 0 Å². The molecule has 0 atom stereocenters. The molecule has 0 unspecified atom stereocenters. The zero-order valence-corrected chi connectivity index (χ0v) is 8.13. The van der Waals surface area contributed by atoms with Crippen molar-refractivity contribution in [3.63, 3.8) is 0 Å². The molecule has 1 rings (SSSR count). The molecule has 0 aromatic carbocycles. The molecule has 0 saturated carbocycles. The maximum atomic E-state index is 11.9. The molecule has 1 aliphatic rings. The fourth-order valence-electron chi connectivity index (χ4n) is 0.969. The summed E-state index contributed by atoms with van der Waals surface area (Å²) in [6.07, 6.45) is 0.166. The largest absolute Gasteiger partial charge is 0.444 e. The maximum absolute atomic E-state index is 11.9. The second-order valence-electron chi connectivity index (χ2n) is 4.10. The molecule has 1 aliphatic heterocycles. The molecule has 4 heteroatoms. The summed E-state index contributed by atoms with van der Waals surface area (Å²) in [5, 5.41) is 0. The van der Waals surface area contributed by atoms with E-state index in [4.69, 9.17) is 4.74 Å². The molecule has 1 fully saturated rings. The van der Waals surface area contributed by atoms with Gasteiger partial charge >= 0.3 is 6.09 Å². The zero-order valence-electron chi connectivity index (χ0n) is 8.13. The van der Waals surface area contributed by atoms with Crippen LogP contribution in [0.15, 0.2) is 11.9 Å². The quantitative estimate of drug-likeness (QED) is 0.581. The van der Waals surface area contributed by atoms with Gasteiger partial charge in [0, 0.05) is 13.1 Å². The number of nitrogens with zero attached hydrogens (tertiary/aromatic N) is 1. The van der Waals surface area contributed by atoms with Gasteiger partial charge in [0.2, 0.25) is 0 Å². The van der Waals surface area contributed by atoms with E-state index in [0.29, 0.717) is 25.0 Å². The highest BCUT2D eigenvalue weighted by atomic mass is 19.1. The monoisotopic (exact) mass is 187 g/mol. The van der Waals surface area contributed by atoms with Crippen molar-refractivity contribution in [1.82, 2.24) is 4.90 Å². The average Bonchev–Trinajstić information content (AvgIpc) is 1.79. The van der Waals surface area contributed by atoms with Crippen molar-refractivity contribution in [2.45, 2.75) is 26.4 Å². The van der Waals surface area contributed by atoms with E-state index in [0.717, 1.165) is 0 Å². The highest BCUT2D eigenvalue weighted by molar-refractivity contribution is 5.70. The van der Waals surface area contributed by atoms with Crippen molar-refractivity contribution < 1.29 is 13.9 Å². The molecule has 0 aromatic rings. The lowest BCUT2D eigenvalue weighted by atomic mass is 10.1. The number of ether oxygens (including phenoxy) is 1. The molecule has 13 heavy (non-hydrogen) atoms. The van der Waals surface area contributed by atoms with Crippen LogP contribution in [0.3, 0.4) is 0 Å². The first-order chi connectivity index (χ1) is 5.92. The number of hydrogen-bond acceptors (Lipinski definition) is 2. The van der Waals surface area contributed by atoms with Gasteiger partial charge < -0.3 is 4.74 Å². The molecule has 3 nitrogen and oxygen atoms in total. The third-order valence-corrected chi connectivity index (χ3v) is 1.59. The topological polar surface area (TPSA) is 29.5 Å². The molecule has 1 saturated heterocycles. The Balaban J connectivity index is 2.36. The van der Waals surface area contributed by atoms with Crippen molar-refractivity contribution in [2.75, 3.05) is 13.1 Å². The fourth-order valence-corrected chi connectivity index (χ4v) is 0.969. The Kier molecular flexibility index (Phi) is 2.59. The van der Waals surface area contributed by atoms with Gasteiger partial charge in [0.15, 0.2) is 0 Å². The van der Waals surface area contributed by atoms with Crippen molar-refractivity contribution in [3.05, 3.63) is 11.9 Å². The van der Waals surface area contributed by atoms with Crippen LogP contribution in [-0.4, -0.2) is 29.7 Å². The van der Waals surface area contributed by atoms with Gasteiger partial charge in [-0.05, 0) is 26.3 Å². The Bertz CT molecular complexity index is 234. The van der Waals surface area contributed by atoms with Gasteiger partial charge in [-0.1, -0.05) is 0 Å². The molecule has 0 N–H and O–H groups in total. The molecule has 0 radical (unpaired) electrons. The molecule has 74 valence electrons. The molecule has 1 amide bonds. The first kappa shape index (κ1) is 10.0. The van der Waals surface area contributed by atoms with Gasteiger partial charge in [-0.25, -0.2) is 9.18 Å². The van der Waals surface area contributed by atoms with Gasteiger partial charge in [0.05, 0.1) is 6.33 Å². The van der Waals surface area contributed by atoms with Crippen LogP contribution in [0, 0.1) is 0 Å². The smallest absolute Gasteiger partial charge is 0.410 e. The third-order valence-electron chi connectivity index (χ3n) is 1.59. The van der Waals surface area contributed by atoms with E-state index >= 15 is 0 Å². The molecule has 0 aromatic heterocycles. The molecule has 0 spiro atoms. The minimum absolute atomic E-state index is 0.353. The average molecular weight is 187 g/mol. The predicted octanol–water partition coefficient (Wildman–Crippen LogP) is 2.09. The van der Waals surface area contributed by atoms with E-state index in [1.54, 1.807) is 20.8 Å². The van der Waals surface area contributed by atoms with E-state index in [2.05, 4.69) is 0 Å². The van der Waals surface area contributed by atoms with Crippen LogP contribution in [0.4, 0.5) is 9.18 Å². The highest BCUT2D eigenvalue weighted by Gasteiger charge is 2.29. The Morgan fingerprint density at radius 1 is 1.54 bits per heavy atom. The van der Waals surface area contributed by atoms with Gasteiger partial charge in [0.25, 0.3) is 0 Å².